The summed E-state index contributed by atoms with van der Waals surface area (Å²) in [4.78, 5) is 0. The normalized spacial score (nSPS) is 22.2. The number of nitrogens with one attached hydrogen (secondary N) is 1. The highest BCUT2D eigenvalue weighted by Crippen LogP contribution is 2.39. The van der Waals surface area contributed by atoms with Crippen LogP contribution in [0, 0.1) is 0 Å². The Kier molecular flexibility index (Phi) is 5.35. The summed E-state index contributed by atoms with van der Waals surface area (Å²) in [5, 5.41) is 32.2. The molecule has 1 fully saturated rings. The van der Waals surface area contributed by atoms with Crippen molar-refractivity contribution in [2.45, 2.75) is 57.0 Å². The van der Waals surface area contributed by atoms with Crippen LogP contribution in [0.25, 0.3) is 11.3 Å². The molecule has 0 unspecified atom stereocenters. The quantitative estimate of drug-likeness (QED) is 0.717. The van der Waals surface area contributed by atoms with Crippen LogP contribution in [-0.4, -0.2) is 39.2 Å². The molecule has 3 N–H and O–H groups in total. The highest BCUT2D eigenvalue weighted by Gasteiger charge is 2.32. The number of aromatic hydroxyl groups is 1. The van der Waals surface area contributed by atoms with E-state index >= 15 is 0 Å². The Morgan fingerprint density at radius 3 is 2.62 bits per heavy atom. The fourth-order valence-electron chi connectivity index (χ4n) is 3.98. The maximum Gasteiger partial charge on any atom is 0.416 e. The van der Waals surface area contributed by atoms with Gasteiger partial charge in [-0.25, -0.2) is 0 Å². The number of ether oxygens (including phenoxy) is 1. The standard InChI is InChI=1S/C20H22F3N3O3/c21-20(22,23)11-5-6-13(17(28)9-11)18-14-10-29-8-7-12(14)19(26-25-18)24-15-3-1-2-4-16(15)27/h5-6,9,15-16,27-28H,1-4,7-8,10H2,(H,24,26)/t15-,16-/m1/s1. The average Bonchev–Trinajstić information content (AvgIpc) is 2.69. The van der Waals surface area contributed by atoms with Crippen LogP contribution in [0.1, 0.15) is 42.4 Å². The van der Waals surface area contributed by atoms with Gasteiger partial charge in [-0.1, -0.05) is 12.8 Å². The van der Waals surface area contributed by atoms with Crippen LogP contribution in [0.4, 0.5) is 19.0 Å². The van der Waals surface area contributed by atoms with Crippen molar-refractivity contribution < 1.29 is 28.1 Å². The molecule has 9 heteroatoms. The average molecular weight is 409 g/mol. The monoisotopic (exact) mass is 409 g/mol. The second-order valence-corrected chi connectivity index (χ2v) is 7.49. The highest BCUT2D eigenvalue weighted by atomic mass is 19.4. The van der Waals surface area contributed by atoms with Crippen LogP contribution in [0.15, 0.2) is 18.2 Å². The number of nitrogens with zero attached hydrogens (tertiary/aromatic N) is 2. The Hall–Kier alpha value is -2.39. The van der Waals surface area contributed by atoms with Crippen LogP contribution in [-0.2, 0) is 23.9 Å². The number of phenolic OH excluding ortho intramolecular Hbond substituents is 1. The van der Waals surface area contributed by atoms with Crippen molar-refractivity contribution in [1.29, 1.82) is 0 Å². The summed E-state index contributed by atoms with van der Waals surface area (Å²) in [5.41, 5.74) is 1.10. The first-order chi connectivity index (χ1) is 13.8. The van der Waals surface area contributed by atoms with Gasteiger partial charge in [0.05, 0.1) is 30.9 Å². The Bertz CT molecular complexity index is 905. The van der Waals surface area contributed by atoms with Gasteiger partial charge in [-0.3, -0.25) is 0 Å². The second-order valence-electron chi connectivity index (χ2n) is 7.49. The summed E-state index contributed by atoms with van der Waals surface area (Å²) in [7, 11) is 0. The smallest absolute Gasteiger partial charge is 0.416 e. The molecule has 6 nitrogen and oxygen atoms in total. The minimum atomic E-state index is -4.54. The topological polar surface area (TPSA) is 87.5 Å². The molecule has 0 radical (unpaired) electrons. The van der Waals surface area contributed by atoms with E-state index in [0.717, 1.165) is 37.3 Å². The number of anilines is 1. The molecular formula is C20H22F3N3O3. The zero-order valence-corrected chi connectivity index (χ0v) is 15.7. The number of aliphatic hydroxyl groups excluding tert-OH is 1. The van der Waals surface area contributed by atoms with E-state index in [2.05, 4.69) is 15.5 Å². The summed E-state index contributed by atoms with van der Waals surface area (Å²) in [5.74, 6) is 0.0507. The van der Waals surface area contributed by atoms with Gasteiger partial charge in [0.1, 0.15) is 11.4 Å². The molecule has 1 aliphatic carbocycles. The van der Waals surface area contributed by atoms with Crippen molar-refractivity contribution >= 4 is 5.82 Å². The lowest BCUT2D eigenvalue weighted by molar-refractivity contribution is -0.137. The summed E-state index contributed by atoms with van der Waals surface area (Å²) < 4.78 is 44.2. The van der Waals surface area contributed by atoms with Crippen LogP contribution < -0.4 is 5.32 Å². The predicted molar refractivity (Wildman–Crippen MR) is 99.4 cm³/mol. The van der Waals surface area contributed by atoms with Crippen molar-refractivity contribution in [3.8, 4) is 17.0 Å². The number of phenols is 1. The number of hydrogen-bond donors (Lipinski definition) is 3. The first kappa shape index (κ1) is 19.9. The number of fused-ring (bicyclic) bond motifs is 1. The summed E-state index contributed by atoms with van der Waals surface area (Å²) in [6.07, 6.45) is -0.875. The Morgan fingerprint density at radius 1 is 1.10 bits per heavy atom. The lowest BCUT2D eigenvalue weighted by Gasteiger charge is -2.30. The summed E-state index contributed by atoms with van der Waals surface area (Å²) in [6.45, 7) is 0.710. The van der Waals surface area contributed by atoms with Gasteiger partial charge in [0, 0.05) is 16.7 Å². The van der Waals surface area contributed by atoms with Gasteiger partial charge in [-0.05, 0) is 37.5 Å². The van der Waals surface area contributed by atoms with Gasteiger partial charge in [0.15, 0.2) is 5.82 Å². The van der Waals surface area contributed by atoms with E-state index in [-0.39, 0.29) is 18.2 Å². The Morgan fingerprint density at radius 2 is 1.90 bits per heavy atom. The molecule has 2 heterocycles. The molecular weight excluding hydrogens is 387 g/mol. The van der Waals surface area contributed by atoms with Crippen LogP contribution in [0.2, 0.25) is 0 Å². The number of halogens is 3. The van der Waals surface area contributed by atoms with Crippen LogP contribution in [0.3, 0.4) is 0 Å². The van der Waals surface area contributed by atoms with E-state index in [1.807, 2.05) is 0 Å². The molecule has 0 spiro atoms. The molecule has 0 amide bonds. The third-order valence-electron chi connectivity index (χ3n) is 5.56. The van der Waals surface area contributed by atoms with Crippen molar-refractivity contribution in [1.82, 2.24) is 10.2 Å². The van der Waals surface area contributed by atoms with Crippen molar-refractivity contribution in [2.75, 3.05) is 11.9 Å². The third kappa shape index (κ3) is 4.02. The number of benzene rings is 1. The first-order valence-electron chi connectivity index (χ1n) is 9.66. The van der Waals surface area contributed by atoms with Crippen LogP contribution in [0.5, 0.6) is 5.75 Å². The number of alkyl halides is 3. The molecule has 2 aliphatic rings. The predicted octanol–water partition coefficient (Wildman–Crippen LogP) is 3.66. The first-order valence-corrected chi connectivity index (χ1v) is 9.66. The van der Waals surface area contributed by atoms with E-state index in [9.17, 15) is 23.4 Å². The molecule has 156 valence electrons. The highest BCUT2D eigenvalue weighted by molar-refractivity contribution is 5.73. The molecule has 1 aromatic heterocycles. The summed E-state index contributed by atoms with van der Waals surface area (Å²) in [6, 6.07) is 2.69. The van der Waals surface area contributed by atoms with Gasteiger partial charge in [-0.2, -0.15) is 13.2 Å². The van der Waals surface area contributed by atoms with E-state index in [1.54, 1.807) is 0 Å². The maximum atomic E-state index is 12.9. The molecule has 1 aliphatic heterocycles. The van der Waals surface area contributed by atoms with E-state index < -0.39 is 23.6 Å². The summed E-state index contributed by atoms with van der Waals surface area (Å²) >= 11 is 0. The number of rotatable bonds is 3. The van der Waals surface area contributed by atoms with E-state index in [4.69, 9.17) is 4.74 Å². The molecule has 1 aromatic carbocycles. The maximum absolute atomic E-state index is 12.9. The van der Waals surface area contributed by atoms with E-state index in [1.165, 1.54) is 6.07 Å². The van der Waals surface area contributed by atoms with Crippen molar-refractivity contribution in [2.24, 2.45) is 0 Å². The molecule has 0 bridgehead atoms. The molecule has 2 aromatic rings. The zero-order valence-electron chi connectivity index (χ0n) is 15.7. The van der Waals surface area contributed by atoms with Crippen molar-refractivity contribution in [3.63, 3.8) is 0 Å². The zero-order chi connectivity index (χ0) is 20.6. The number of aliphatic hydroxyl groups is 1. The fourth-order valence-corrected chi connectivity index (χ4v) is 3.98. The minimum absolute atomic E-state index is 0.115. The van der Waals surface area contributed by atoms with Crippen molar-refractivity contribution in [3.05, 3.63) is 34.9 Å². The van der Waals surface area contributed by atoms with Gasteiger partial charge >= 0.3 is 6.18 Å². The van der Waals surface area contributed by atoms with Gasteiger partial charge in [-0.15, -0.1) is 10.2 Å². The molecule has 29 heavy (non-hydrogen) atoms. The lowest BCUT2D eigenvalue weighted by atomic mass is 9.92. The molecule has 4 rings (SSSR count). The molecule has 0 saturated heterocycles. The number of hydrogen-bond acceptors (Lipinski definition) is 6. The Balaban J connectivity index is 1.71. The lowest BCUT2D eigenvalue weighted by Crippen LogP contribution is -2.37. The SMILES string of the molecule is Oc1cc(C(F)(F)F)ccc1-c1nnc(N[C@@H]2CCCC[C@H]2O)c2c1COCC2. The minimum Gasteiger partial charge on any atom is -0.507 e. The van der Waals surface area contributed by atoms with Gasteiger partial charge < -0.3 is 20.3 Å². The van der Waals surface area contributed by atoms with Gasteiger partial charge in [0.2, 0.25) is 0 Å². The Labute approximate surface area is 165 Å². The largest absolute Gasteiger partial charge is 0.507 e. The third-order valence-corrected chi connectivity index (χ3v) is 5.56. The number of aromatic nitrogens is 2. The molecule has 1 saturated carbocycles. The second kappa shape index (κ2) is 7.79. The molecule has 2 atom stereocenters. The van der Waals surface area contributed by atoms with Crippen LogP contribution >= 0.6 is 0 Å². The fraction of sp³-hybridized carbons (Fsp3) is 0.500. The van der Waals surface area contributed by atoms with E-state index in [0.29, 0.717) is 36.2 Å². The van der Waals surface area contributed by atoms with Gasteiger partial charge in [0.25, 0.3) is 0 Å².